The molecule has 2 heterocycles. The Hall–Kier alpha value is -1.02. The van der Waals surface area contributed by atoms with Crippen molar-refractivity contribution in [1.29, 1.82) is 0 Å². The molecule has 100 valence electrons. The summed E-state index contributed by atoms with van der Waals surface area (Å²) in [7, 11) is 2.13. The highest BCUT2D eigenvalue weighted by Gasteiger charge is 2.18. The summed E-state index contributed by atoms with van der Waals surface area (Å²) in [6.07, 6.45) is 0. The summed E-state index contributed by atoms with van der Waals surface area (Å²) < 4.78 is 0. The molecule has 0 atom stereocenters. The summed E-state index contributed by atoms with van der Waals surface area (Å²) >= 11 is 1.43. The molecule has 1 amide bonds. The number of nitrogens with two attached hydrogens (primary N) is 1. The highest BCUT2D eigenvalue weighted by molar-refractivity contribution is 7.13. The van der Waals surface area contributed by atoms with Crippen LogP contribution >= 0.6 is 11.3 Å². The monoisotopic (exact) mass is 269 g/mol. The lowest BCUT2D eigenvalue weighted by atomic mass is 10.3. The molecule has 1 aromatic heterocycles. The normalized spacial score (nSPS) is 17.9. The third kappa shape index (κ3) is 3.05. The van der Waals surface area contributed by atoms with E-state index in [0.29, 0.717) is 4.88 Å². The molecule has 3 N–H and O–H groups in total. The summed E-state index contributed by atoms with van der Waals surface area (Å²) in [6, 6.07) is 0. The molecule has 0 radical (unpaired) electrons. The lowest BCUT2D eigenvalue weighted by Crippen LogP contribution is -2.43. The van der Waals surface area contributed by atoms with Gasteiger partial charge in [-0.25, -0.2) is 10.8 Å². The Morgan fingerprint density at radius 2 is 2.11 bits per heavy atom. The van der Waals surface area contributed by atoms with Crippen molar-refractivity contribution in [3.8, 4) is 0 Å². The van der Waals surface area contributed by atoms with Gasteiger partial charge in [0.2, 0.25) is 0 Å². The fourth-order valence-electron chi connectivity index (χ4n) is 1.99. The van der Waals surface area contributed by atoms with Gasteiger partial charge in [0.25, 0.3) is 5.91 Å². The number of aromatic nitrogens is 1. The number of carbonyl (C=O) groups excluding carboxylic acids is 1. The van der Waals surface area contributed by atoms with Crippen LogP contribution in [0.5, 0.6) is 0 Å². The van der Waals surface area contributed by atoms with Crippen LogP contribution in [0.4, 0.5) is 0 Å². The van der Waals surface area contributed by atoms with Crippen LogP contribution in [-0.4, -0.2) is 53.9 Å². The number of hydrogen-bond donors (Lipinski definition) is 2. The first-order valence-electron chi connectivity index (χ1n) is 5.98. The van der Waals surface area contributed by atoms with Crippen molar-refractivity contribution in [2.75, 3.05) is 33.2 Å². The number of rotatable bonds is 3. The van der Waals surface area contributed by atoms with Crippen molar-refractivity contribution in [1.82, 2.24) is 20.2 Å². The molecule has 1 aliphatic heterocycles. The first kappa shape index (κ1) is 13.4. The smallest absolute Gasteiger partial charge is 0.277 e. The van der Waals surface area contributed by atoms with E-state index in [1.165, 1.54) is 11.3 Å². The molecule has 0 bridgehead atoms. The maximum absolute atomic E-state index is 11.5. The molecule has 1 aliphatic rings. The minimum absolute atomic E-state index is 0.255. The maximum Gasteiger partial charge on any atom is 0.277 e. The third-order valence-electron chi connectivity index (χ3n) is 3.13. The molecule has 1 aromatic rings. The van der Waals surface area contributed by atoms with Gasteiger partial charge in [-0.2, -0.15) is 0 Å². The van der Waals surface area contributed by atoms with E-state index in [-0.39, 0.29) is 5.91 Å². The fraction of sp³-hybridized carbons (Fsp3) is 0.636. The molecule has 1 fully saturated rings. The molecular weight excluding hydrogens is 250 g/mol. The van der Waals surface area contributed by atoms with Crippen molar-refractivity contribution in [2.45, 2.75) is 13.5 Å². The molecule has 0 spiro atoms. The van der Waals surface area contributed by atoms with Gasteiger partial charge in [-0.1, -0.05) is 0 Å². The fourth-order valence-corrected chi connectivity index (χ4v) is 3.00. The van der Waals surface area contributed by atoms with E-state index in [4.69, 9.17) is 5.84 Å². The number of thiazole rings is 1. The van der Waals surface area contributed by atoms with E-state index in [9.17, 15) is 4.79 Å². The molecule has 0 aromatic carbocycles. The molecule has 0 aliphatic carbocycles. The van der Waals surface area contributed by atoms with Crippen molar-refractivity contribution in [3.63, 3.8) is 0 Å². The lowest BCUT2D eigenvalue weighted by Gasteiger charge is -2.31. The van der Waals surface area contributed by atoms with Gasteiger partial charge in [0.15, 0.2) is 0 Å². The van der Waals surface area contributed by atoms with Crippen LogP contribution in [0, 0.1) is 6.92 Å². The second-order valence-corrected chi connectivity index (χ2v) is 5.66. The molecule has 6 nitrogen and oxygen atoms in total. The van der Waals surface area contributed by atoms with Crippen LogP contribution in [0.15, 0.2) is 0 Å². The van der Waals surface area contributed by atoms with E-state index in [1.807, 2.05) is 6.92 Å². The SMILES string of the molecule is Cc1nc(CN2CCN(C)CC2)sc1C(=O)NN. The summed E-state index contributed by atoms with van der Waals surface area (Å²) in [4.78, 5) is 21.2. The minimum Gasteiger partial charge on any atom is -0.304 e. The summed E-state index contributed by atoms with van der Waals surface area (Å²) in [5.74, 6) is 4.89. The van der Waals surface area contributed by atoms with Crippen LogP contribution in [0.3, 0.4) is 0 Å². The molecule has 18 heavy (non-hydrogen) atoms. The average molecular weight is 269 g/mol. The van der Waals surface area contributed by atoms with E-state index >= 15 is 0 Å². The summed E-state index contributed by atoms with van der Waals surface area (Å²) in [6.45, 7) is 6.92. The number of hydrogen-bond acceptors (Lipinski definition) is 6. The van der Waals surface area contributed by atoms with Gasteiger partial charge in [-0.05, 0) is 14.0 Å². The number of piperazine rings is 1. The molecule has 0 unspecified atom stereocenters. The zero-order valence-electron chi connectivity index (χ0n) is 10.8. The number of amides is 1. The second kappa shape index (κ2) is 5.75. The van der Waals surface area contributed by atoms with E-state index in [2.05, 4.69) is 27.3 Å². The molecular formula is C11H19N5OS. The number of hydrazine groups is 1. The number of nitrogens with one attached hydrogen (secondary N) is 1. The van der Waals surface area contributed by atoms with Crippen LogP contribution < -0.4 is 11.3 Å². The van der Waals surface area contributed by atoms with Crippen molar-refractivity contribution in [2.24, 2.45) is 5.84 Å². The standard InChI is InChI=1S/C11H19N5OS/c1-8-10(11(17)14-12)18-9(13-8)7-16-5-3-15(2)4-6-16/h3-7,12H2,1-2H3,(H,14,17). The molecule has 2 rings (SSSR count). The van der Waals surface area contributed by atoms with Crippen molar-refractivity contribution < 1.29 is 4.79 Å². The third-order valence-corrected chi connectivity index (χ3v) is 4.27. The van der Waals surface area contributed by atoms with Crippen LogP contribution in [-0.2, 0) is 6.54 Å². The number of nitrogens with zero attached hydrogens (tertiary/aromatic N) is 3. The zero-order valence-corrected chi connectivity index (χ0v) is 11.6. The number of nitrogen functional groups attached to an aromatic ring is 1. The quantitative estimate of drug-likeness (QED) is 0.452. The van der Waals surface area contributed by atoms with Crippen LogP contribution in [0.25, 0.3) is 0 Å². The first-order chi connectivity index (χ1) is 8.60. The Kier molecular flexibility index (Phi) is 4.28. The van der Waals surface area contributed by atoms with Gasteiger partial charge in [0.05, 0.1) is 12.2 Å². The number of carbonyl (C=O) groups is 1. The largest absolute Gasteiger partial charge is 0.304 e. The molecule has 7 heteroatoms. The van der Waals surface area contributed by atoms with E-state index in [0.717, 1.165) is 43.4 Å². The Labute approximate surface area is 111 Å². The predicted molar refractivity (Wildman–Crippen MR) is 71.3 cm³/mol. The summed E-state index contributed by atoms with van der Waals surface area (Å²) in [5, 5.41) is 0.982. The highest BCUT2D eigenvalue weighted by atomic mass is 32.1. The van der Waals surface area contributed by atoms with Gasteiger partial charge in [-0.3, -0.25) is 15.1 Å². The van der Waals surface area contributed by atoms with Crippen LogP contribution in [0.1, 0.15) is 20.4 Å². The predicted octanol–water partition coefficient (Wildman–Crippen LogP) is -0.198. The summed E-state index contributed by atoms with van der Waals surface area (Å²) in [5.41, 5.74) is 2.91. The zero-order chi connectivity index (χ0) is 13.1. The lowest BCUT2D eigenvalue weighted by molar-refractivity contribution is 0.0957. The second-order valence-electron chi connectivity index (χ2n) is 4.58. The Bertz CT molecular complexity index is 425. The highest BCUT2D eigenvalue weighted by Crippen LogP contribution is 2.19. The van der Waals surface area contributed by atoms with E-state index < -0.39 is 0 Å². The van der Waals surface area contributed by atoms with Gasteiger partial charge >= 0.3 is 0 Å². The maximum atomic E-state index is 11.5. The molecule has 1 saturated heterocycles. The van der Waals surface area contributed by atoms with Crippen molar-refractivity contribution in [3.05, 3.63) is 15.6 Å². The Morgan fingerprint density at radius 3 is 2.72 bits per heavy atom. The van der Waals surface area contributed by atoms with Gasteiger partial charge in [-0.15, -0.1) is 11.3 Å². The topological polar surface area (TPSA) is 74.5 Å². The minimum atomic E-state index is -0.255. The average Bonchev–Trinajstić information content (AvgIpc) is 2.72. The number of likely N-dealkylation sites (N-methyl/N-ethyl adjacent to an activating group) is 1. The van der Waals surface area contributed by atoms with Crippen molar-refractivity contribution >= 4 is 17.2 Å². The van der Waals surface area contributed by atoms with Crippen LogP contribution in [0.2, 0.25) is 0 Å². The Morgan fingerprint density at radius 1 is 1.44 bits per heavy atom. The van der Waals surface area contributed by atoms with E-state index in [1.54, 1.807) is 0 Å². The number of aryl methyl sites for hydroxylation is 1. The van der Waals surface area contributed by atoms with Gasteiger partial charge in [0, 0.05) is 26.2 Å². The van der Waals surface area contributed by atoms with Gasteiger partial charge < -0.3 is 4.90 Å². The Balaban J connectivity index is 2.00. The van der Waals surface area contributed by atoms with Gasteiger partial charge in [0.1, 0.15) is 9.88 Å². The first-order valence-corrected chi connectivity index (χ1v) is 6.80. The molecule has 0 saturated carbocycles.